The molecule has 1 rings (SSSR count). The van der Waals surface area contributed by atoms with Crippen molar-refractivity contribution < 1.29 is 17.9 Å². The molecule has 1 aromatic rings. The molecule has 0 saturated carbocycles. The summed E-state index contributed by atoms with van der Waals surface area (Å²) in [7, 11) is 0. The molecule has 0 aliphatic rings. The van der Waals surface area contributed by atoms with Crippen LogP contribution in [0.4, 0.5) is 13.2 Å². The molecule has 5 heteroatoms. The van der Waals surface area contributed by atoms with Crippen molar-refractivity contribution in [3.05, 3.63) is 30.3 Å². The third-order valence-corrected chi connectivity index (χ3v) is 1.66. The van der Waals surface area contributed by atoms with Gasteiger partial charge in [-0.2, -0.15) is 13.2 Å². The maximum atomic E-state index is 11.7. The molecule has 15 heavy (non-hydrogen) atoms. The Bertz CT molecular complexity index is 274. The Morgan fingerprint density at radius 3 is 2.40 bits per heavy atom. The molecule has 0 radical (unpaired) electrons. The maximum Gasteiger partial charge on any atom is 0.457 e. The van der Waals surface area contributed by atoms with E-state index in [1.54, 1.807) is 12.1 Å². The van der Waals surface area contributed by atoms with Crippen LogP contribution in [0.3, 0.4) is 0 Å². The Balaban J connectivity index is 2.08. The first-order chi connectivity index (χ1) is 7.08. The van der Waals surface area contributed by atoms with Crippen molar-refractivity contribution >= 4 is 0 Å². The zero-order chi connectivity index (χ0) is 11.1. The molecular weight excluding hydrogens is 207 g/mol. The highest BCUT2D eigenvalue weighted by Gasteiger charge is 2.25. The molecule has 0 aliphatic carbocycles. The molecule has 1 N–H and O–H groups in total. The lowest BCUT2D eigenvalue weighted by molar-refractivity contribution is -0.156. The standard InChI is InChI=1S/C10H12F3NO/c11-10(12,13)14-7-4-8-15-9-5-2-1-3-6-9/h1-3,5-6,14H,4,7-8H2. The molecule has 0 saturated heterocycles. The second-order valence-electron chi connectivity index (χ2n) is 2.94. The summed E-state index contributed by atoms with van der Waals surface area (Å²) in [5, 5.41) is 1.43. The Morgan fingerprint density at radius 2 is 1.80 bits per heavy atom. The number of hydrogen-bond acceptors (Lipinski definition) is 2. The van der Waals surface area contributed by atoms with E-state index in [4.69, 9.17) is 4.74 Å². The quantitative estimate of drug-likeness (QED) is 0.607. The molecule has 0 unspecified atom stereocenters. The summed E-state index contributed by atoms with van der Waals surface area (Å²) in [6.07, 6.45) is -3.98. The second-order valence-corrected chi connectivity index (χ2v) is 2.94. The normalized spacial score (nSPS) is 11.4. The van der Waals surface area contributed by atoms with Crippen LogP contribution in [-0.4, -0.2) is 19.5 Å². The van der Waals surface area contributed by atoms with Crippen LogP contribution in [0.25, 0.3) is 0 Å². The van der Waals surface area contributed by atoms with Gasteiger partial charge in [0.25, 0.3) is 0 Å². The van der Waals surface area contributed by atoms with Crippen molar-refractivity contribution in [2.24, 2.45) is 0 Å². The van der Waals surface area contributed by atoms with Gasteiger partial charge in [0.15, 0.2) is 0 Å². The highest BCUT2D eigenvalue weighted by Crippen LogP contribution is 2.10. The van der Waals surface area contributed by atoms with Crippen LogP contribution < -0.4 is 10.1 Å². The molecule has 0 spiro atoms. The van der Waals surface area contributed by atoms with E-state index in [2.05, 4.69) is 0 Å². The summed E-state index contributed by atoms with van der Waals surface area (Å²) in [4.78, 5) is 0. The molecule has 0 aliphatic heterocycles. The smallest absolute Gasteiger partial charge is 0.457 e. The van der Waals surface area contributed by atoms with E-state index in [9.17, 15) is 13.2 Å². The SMILES string of the molecule is FC(F)(F)NCCCOc1ccccc1. The number of para-hydroxylation sites is 1. The van der Waals surface area contributed by atoms with E-state index in [1.165, 1.54) is 5.32 Å². The summed E-state index contributed by atoms with van der Waals surface area (Å²) in [5.74, 6) is 0.671. The molecule has 0 fully saturated rings. The van der Waals surface area contributed by atoms with Crippen LogP contribution in [0.5, 0.6) is 5.75 Å². The van der Waals surface area contributed by atoms with Crippen molar-refractivity contribution in [3.8, 4) is 5.75 Å². The van der Waals surface area contributed by atoms with E-state index in [1.807, 2.05) is 18.2 Å². The van der Waals surface area contributed by atoms with Gasteiger partial charge in [-0.1, -0.05) is 18.2 Å². The van der Waals surface area contributed by atoms with Gasteiger partial charge in [0.05, 0.1) is 6.61 Å². The second kappa shape index (κ2) is 5.60. The van der Waals surface area contributed by atoms with Gasteiger partial charge in [-0.3, -0.25) is 0 Å². The van der Waals surface area contributed by atoms with Crippen molar-refractivity contribution in [2.75, 3.05) is 13.2 Å². The van der Waals surface area contributed by atoms with Crippen LogP contribution in [-0.2, 0) is 0 Å². The first-order valence-electron chi connectivity index (χ1n) is 4.57. The van der Waals surface area contributed by atoms with E-state index < -0.39 is 6.30 Å². The van der Waals surface area contributed by atoms with Crippen LogP contribution in [0.2, 0.25) is 0 Å². The van der Waals surface area contributed by atoms with E-state index in [0.29, 0.717) is 12.2 Å². The Kier molecular flexibility index (Phi) is 4.42. The zero-order valence-electron chi connectivity index (χ0n) is 8.05. The van der Waals surface area contributed by atoms with Gasteiger partial charge in [0.1, 0.15) is 5.75 Å². The topological polar surface area (TPSA) is 21.3 Å². The molecule has 0 bridgehead atoms. The molecule has 0 amide bonds. The first kappa shape index (κ1) is 11.8. The lowest BCUT2D eigenvalue weighted by atomic mass is 10.3. The number of ether oxygens (including phenoxy) is 1. The van der Waals surface area contributed by atoms with Crippen LogP contribution in [0, 0.1) is 0 Å². The largest absolute Gasteiger partial charge is 0.494 e. The first-order valence-corrected chi connectivity index (χ1v) is 4.57. The monoisotopic (exact) mass is 219 g/mol. The molecule has 2 nitrogen and oxygen atoms in total. The number of halogens is 3. The molecule has 1 aromatic carbocycles. The van der Waals surface area contributed by atoms with Crippen LogP contribution in [0.1, 0.15) is 6.42 Å². The average molecular weight is 219 g/mol. The third kappa shape index (κ3) is 5.96. The number of benzene rings is 1. The van der Waals surface area contributed by atoms with Gasteiger partial charge < -0.3 is 4.74 Å². The van der Waals surface area contributed by atoms with Gasteiger partial charge in [-0.25, -0.2) is 5.32 Å². The fourth-order valence-electron chi connectivity index (χ4n) is 1.01. The van der Waals surface area contributed by atoms with E-state index in [0.717, 1.165) is 0 Å². The molecule has 84 valence electrons. The van der Waals surface area contributed by atoms with Crippen molar-refractivity contribution in [1.29, 1.82) is 0 Å². The number of alkyl halides is 3. The van der Waals surface area contributed by atoms with Gasteiger partial charge in [0.2, 0.25) is 0 Å². The van der Waals surface area contributed by atoms with E-state index >= 15 is 0 Å². The van der Waals surface area contributed by atoms with Crippen molar-refractivity contribution in [1.82, 2.24) is 5.32 Å². The van der Waals surface area contributed by atoms with Gasteiger partial charge >= 0.3 is 6.30 Å². The zero-order valence-corrected chi connectivity index (χ0v) is 8.05. The highest BCUT2D eigenvalue weighted by atomic mass is 19.4. The van der Waals surface area contributed by atoms with Gasteiger partial charge in [-0.05, 0) is 18.6 Å². The lowest BCUT2D eigenvalue weighted by Gasteiger charge is -2.09. The third-order valence-electron chi connectivity index (χ3n) is 1.66. The van der Waals surface area contributed by atoms with Crippen LogP contribution >= 0.6 is 0 Å². The number of rotatable bonds is 5. The number of nitrogens with one attached hydrogen (secondary N) is 1. The highest BCUT2D eigenvalue weighted by molar-refractivity contribution is 5.20. The molecule has 0 heterocycles. The lowest BCUT2D eigenvalue weighted by Crippen LogP contribution is -2.32. The summed E-state index contributed by atoms with van der Waals surface area (Å²) in [6, 6.07) is 8.99. The minimum atomic E-state index is -4.30. The predicted octanol–water partition coefficient (Wildman–Crippen LogP) is 2.56. The van der Waals surface area contributed by atoms with Crippen molar-refractivity contribution in [3.63, 3.8) is 0 Å². The number of hydrogen-bond donors (Lipinski definition) is 1. The fraction of sp³-hybridized carbons (Fsp3) is 0.400. The summed E-state index contributed by atoms with van der Waals surface area (Å²) < 4.78 is 40.2. The fourth-order valence-corrected chi connectivity index (χ4v) is 1.01. The predicted molar refractivity (Wildman–Crippen MR) is 50.6 cm³/mol. The average Bonchev–Trinajstić information content (AvgIpc) is 2.17. The Morgan fingerprint density at radius 1 is 1.13 bits per heavy atom. The van der Waals surface area contributed by atoms with Gasteiger partial charge in [-0.15, -0.1) is 0 Å². The summed E-state index contributed by atoms with van der Waals surface area (Å²) in [5.41, 5.74) is 0. The Hall–Kier alpha value is -1.23. The summed E-state index contributed by atoms with van der Waals surface area (Å²) in [6.45, 7) is 0.142. The summed E-state index contributed by atoms with van der Waals surface area (Å²) >= 11 is 0. The maximum absolute atomic E-state index is 11.7. The van der Waals surface area contributed by atoms with Gasteiger partial charge in [0, 0.05) is 6.54 Å². The van der Waals surface area contributed by atoms with E-state index in [-0.39, 0.29) is 13.2 Å². The van der Waals surface area contributed by atoms with Crippen molar-refractivity contribution in [2.45, 2.75) is 12.7 Å². The molecule has 0 aromatic heterocycles. The Labute approximate surface area is 86.1 Å². The minimum Gasteiger partial charge on any atom is -0.494 e. The molecular formula is C10H12F3NO. The van der Waals surface area contributed by atoms with Crippen LogP contribution in [0.15, 0.2) is 30.3 Å². The minimum absolute atomic E-state index is 0.129. The molecule has 0 atom stereocenters.